The van der Waals surface area contributed by atoms with E-state index in [9.17, 15) is 23.6 Å². The molecule has 0 saturated heterocycles. The molecule has 1 N–H and O–H groups in total. The zero-order valence-corrected chi connectivity index (χ0v) is 20.4. The maximum absolute atomic E-state index is 13.1. The Labute approximate surface area is 195 Å². The van der Waals surface area contributed by atoms with E-state index in [1.165, 1.54) is 35.5 Å². The van der Waals surface area contributed by atoms with Gasteiger partial charge in [0.15, 0.2) is 5.69 Å². The van der Waals surface area contributed by atoms with Crippen LogP contribution in [-0.2, 0) is 16.6 Å². The number of azo groups is 1. The number of unbranched alkanes of at least 4 members (excludes halogenated alkanes) is 2. The van der Waals surface area contributed by atoms with Crippen LogP contribution in [0.15, 0.2) is 44.2 Å². The molecule has 178 valence electrons. The zero-order valence-electron chi connectivity index (χ0n) is 19.6. The Bertz CT molecular complexity index is 1190. The zero-order chi connectivity index (χ0) is 24.6. The van der Waals surface area contributed by atoms with Gasteiger partial charge in [0.1, 0.15) is 11.6 Å². The molecule has 0 radical (unpaired) electrons. The van der Waals surface area contributed by atoms with E-state index >= 15 is 0 Å². The smallest absolute Gasteiger partial charge is 0.281 e. The van der Waals surface area contributed by atoms with Crippen molar-refractivity contribution in [3.8, 4) is 11.9 Å². The van der Waals surface area contributed by atoms with Crippen LogP contribution in [0.25, 0.3) is 0 Å². The number of nitrogens with zero attached hydrogens (tertiary/aromatic N) is 5. The Hall–Kier alpha value is -3.03. The minimum atomic E-state index is -3.62. The van der Waals surface area contributed by atoms with E-state index in [1.807, 2.05) is 19.9 Å². The molecule has 0 fully saturated rings. The first-order chi connectivity index (χ1) is 15.7. The van der Waals surface area contributed by atoms with Gasteiger partial charge >= 0.3 is 0 Å². The largest absolute Gasteiger partial charge is 0.493 e. The van der Waals surface area contributed by atoms with E-state index < -0.39 is 21.5 Å². The molecule has 0 saturated carbocycles. The van der Waals surface area contributed by atoms with Crippen molar-refractivity contribution in [2.24, 2.45) is 10.2 Å². The molecule has 10 heteroatoms. The number of sulfonamides is 1. The fourth-order valence-electron chi connectivity index (χ4n) is 3.31. The summed E-state index contributed by atoms with van der Waals surface area (Å²) in [4.78, 5) is 12.8. The molecule has 0 bridgehead atoms. The van der Waals surface area contributed by atoms with Gasteiger partial charge in [0.25, 0.3) is 5.56 Å². The van der Waals surface area contributed by atoms with Gasteiger partial charge in [-0.05, 0) is 51.0 Å². The molecule has 0 amide bonds. The summed E-state index contributed by atoms with van der Waals surface area (Å²) in [6, 6.07) is 7.88. The van der Waals surface area contributed by atoms with Gasteiger partial charge in [-0.3, -0.25) is 9.36 Å². The van der Waals surface area contributed by atoms with Gasteiger partial charge < -0.3 is 5.11 Å². The number of hydrogen-bond donors (Lipinski definition) is 1. The predicted molar refractivity (Wildman–Crippen MR) is 127 cm³/mol. The van der Waals surface area contributed by atoms with E-state index in [0.717, 1.165) is 30.3 Å². The van der Waals surface area contributed by atoms with Crippen molar-refractivity contribution >= 4 is 21.4 Å². The Morgan fingerprint density at radius 3 is 2.12 bits per heavy atom. The molecule has 0 aliphatic rings. The van der Waals surface area contributed by atoms with Gasteiger partial charge in [-0.2, -0.15) is 14.7 Å². The second kappa shape index (κ2) is 11.7. The summed E-state index contributed by atoms with van der Waals surface area (Å²) in [6.07, 6.45) is 3.39. The van der Waals surface area contributed by atoms with Crippen LogP contribution in [0.3, 0.4) is 0 Å². The number of benzene rings is 1. The highest BCUT2D eigenvalue weighted by Crippen LogP contribution is 2.27. The van der Waals surface area contributed by atoms with Gasteiger partial charge in [0.2, 0.25) is 15.9 Å². The van der Waals surface area contributed by atoms with Crippen molar-refractivity contribution in [3.63, 3.8) is 0 Å². The van der Waals surface area contributed by atoms with Gasteiger partial charge in [0.05, 0.1) is 10.6 Å². The summed E-state index contributed by atoms with van der Waals surface area (Å²) >= 11 is 0. The fraction of sp³-hybridized carbons (Fsp3) is 0.478. The maximum Gasteiger partial charge on any atom is 0.281 e. The normalized spacial score (nSPS) is 11.9. The Morgan fingerprint density at radius 2 is 1.64 bits per heavy atom. The van der Waals surface area contributed by atoms with Gasteiger partial charge in [-0.15, -0.1) is 5.11 Å². The number of pyridine rings is 1. The van der Waals surface area contributed by atoms with Crippen LogP contribution < -0.4 is 5.56 Å². The van der Waals surface area contributed by atoms with Gasteiger partial charge in [-0.1, -0.05) is 26.7 Å². The first-order valence-electron chi connectivity index (χ1n) is 11.1. The van der Waals surface area contributed by atoms with Crippen molar-refractivity contribution in [1.29, 1.82) is 5.26 Å². The molecule has 1 aromatic heterocycles. The Kier molecular flexibility index (Phi) is 9.32. The van der Waals surface area contributed by atoms with Crippen molar-refractivity contribution in [2.45, 2.75) is 64.8 Å². The minimum absolute atomic E-state index is 0.0360. The molecule has 0 spiro atoms. The summed E-state index contributed by atoms with van der Waals surface area (Å²) in [5, 5.41) is 27.5. The molecule has 1 aromatic carbocycles. The number of hydrogen-bond acceptors (Lipinski definition) is 7. The lowest BCUT2D eigenvalue weighted by Crippen LogP contribution is -2.33. The molecule has 33 heavy (non-hydrogen) atoms. The molecule has 2 rings (SSSR count). The van der Waals surface area contributed by atoms with E-state index in [4.69, 9.17) is 0 Å². The number of nitriles is 1. The minimum Gasteiger partial charge on any atom is -0.493 e. The molecule has 0 unspecified atom stereocenters. The lowest BCUT2D eigenvalue weighted by molar-refractivity contribution is 0.395. The Balaban J connectivity index is 2.37. The van der Waals surface area contributed by atoms with Crippen LogP contribution in [0, 0.1) is 18.3 Å². The SMILES string of the molecule is CCCCN(CCCC)S(=O)(=O)c1ccc(N=Nc2c(C)c(C#N)c(O)n(CC)c2=O)cc1. The van der Waals surface area contributed by atoms with Gasteiger partial charge in [0, 0.05) is 25.2 Å². The Morgan fingerprint density at radius 1 is 1.06 bits per heavy atom. The van der Waals surface area contributed by atoms with E-state index in [1.54, 1.807) is 6.92 Å². The summed E-state index contributed by atoms with van der Waals surface area (Å²) < 4.78 is 28.7. The highest BCUT2D eigenvalue weighted by molar-refractivity contribution is 7.89. The quantitative estimate of drug-likeness (QED) is 0.471. The monoisotopic (exact) mass is 473 g/mol. The fourth-order valence-corrected chi connectivity index (χ4v) is 4.83. The average Bonchev–Trinajstić information content (AvgIpc) is 2.79. The summed E-state index contributed by atoms with van der Waals surface area (Å²) in [6.45, 7) is 8.36. The van der Waals surface area contributed by atoms with Crippen molar-refractivity contribution in [1.82, 2.24) is 8.87 Å². The van der Waals surface area contributed by atoms with Crippen LogP contribution in [-0.4, -0.2) is 35.5 Å². The molecule has 0 atom stereocenters. The molecule has 0 aliphatic carbocycles. The van der Waals surface area contributed by atoms with Crippen LogP contribution in [0.4, 0.5) is 11.4 Å². The maximum atomic E-state index is 13.1. The first kappa shape index (κ1) is 26.2. The van der Waals surface area contributed by atoms with Crippen LogP contribution in [0.5, 0.6) is 5.88 Å². The summed E-state index contributed by atoms with van der Waals surface area (Å²) in [7, 11) is -3.62. The van der Waals surface area contributed by atoms with E-state index in [-0.39, 0.29) is 28.3 Å². The highest BCUT2D eigenvalue weighted by atomic mass is 32.2. The number of aromatic hydroxyl groups is 1. The molecule has 0 aliphatic heterocycles. The van der Waals surface area contributed by atoms with Gasteiger partial charge in [-0.25, -0.2) is 8.42 Å². The number of rotatable bonds is 11. The topological polar surface area (TPSA) is 128 Å². The molecular formula is C23H31N5O4S. The van der Waals surface area contributed by atoms with E-state index in [0.29, 0.717) is 18.8 Å². The van der Waals surface area contributed by atoms with Crippen molar-refractivity contribution < 1.29 is 13.5 Å². The van der Waals surface area contributed by atoms with Crippen molar-refractivity contribution in [3.05, 3.63) is 45.7 Å². The number of aromatic nitrogens is 1. The van der Waals surface area contributed by atoms with Crippen LogP contribution >= 0.6 is 0 Å². The third kappa shape index (κ3) is 5.86. The molecular weight excluding hydrogens is 442 g/mol. The summed E-state index contributed by atoms with van der Waals surface area (Å²) in [5.41, 5.74) is -0.0533. The molecule has 9 nitrogen and oxygen atoms in total. The first-order valence-corrected chi connectivity index (χ1v) is 12.5. The second-order valence-corrected chi connectivity index (χ2v) is 9.58. The standard InChI is InChI=1S/C23H31N5O4S/c1-5-8-14-27(15-9-6-2)33(31,32)19-12-10-18(11-13-19)25-26-21-17(4)20(16-24)22(29)28(7-3)23(21)30/h10-13,29H,5-9,14-15H2,1-4H3. The van der Waals surface area contributed by atoms with E-state index in [2.05, 4.69) is 10.2 Å². The third-order valence-electron chi connectivity index (χ3n) is 5.35. The third-order valence-corrected chi connectivity index (χ3v) is 7.26. The highest BCUT2D eigenvalue weighted by Gasteiger charge is 2.23. The molecule has 2 aromatic rings. The van der Waals surface area contributed by atoms with Crippen LogP contribution in [0.2, 0.25) is 0 Å². The predicted octanol–water partition coefficient (Wildman–Crippen LogP) is 4.76. The van der Waals surface area contributed by atoms with Crippen LogP contribution in [0.1, 0.15) is 57.6 Å². The summed E-state index contributed by atoms with van der Waals surface area (Å²) in [5.74, 6) is -0.397. The van der Waals surface area contributed by atoms with Crippen molar-refractivity contribution in [2.75, 3.05) is 13.1 Å². The lowest BCUT2D eigenvalue weighted by Gasteiger charge is -2.22. The average molecular weight is 474 g/mol. The molecule has 1 heterocycles. The second-order valence-electron chi connectivity index (χ2n) is 7.64. The lowest BCUT2D eigenvalue weighted by atomic mass is 10.1.